The molecular formula is C16H17BrN2O4S. The van der Waals surface area contributed by atoms with Gasteiger partial charge < -0.3 is 9.47 Å². The first-order valence-electron chi connectivity index (χ1n) is 7.24. The number of anilines is 1. The number of nitrogens with zero attached hydrogens (tertiary/aromatic N) is 1. The van der Waals surface area contributed by atoms with E-state index in [9.17, 15) is 9.59 Å². The lowest BCUT2D eigenvalue weighted by Crippen LogP contribution is -2.12. The van der Waals surface area contributed by atoms with Crippen molar-refractivity contribution >= 4 is 44.1 Å². The van der Waals surface area contributed by atoms with Gasteiger partial charge in [-0.3, -0.25) is 14.9 Å². The molecule has 2 rings (SSSR count). The van der Waals surface area contributed by atoms with Gasteiger partial charge in [0.15, 0.2) is 22.4 Å². The molecule has 1 aromatic heterocycles. The molecule has 1 amide bonds. The number of thiazole rings is 1. The van der Waals surface area contributed by atoms with Gasteiger partial charge >= 0.3 is 0 Å². The Kier molecular flexibility index (Phi) is 6.33. The summed E-state index contributed by atoms with van der Waals surface area (Å²) >= 11 is 4.60. The molecule has 1 heterocycles. The zero-order chi connectivity index (χ0) is 17.7. The third-order valence-electron chi connectivity index (χ3n) is 3.03. The Morgan fingerprint density at radius 2 is 2.12 bits per heavy atom. The molecule has 24 heavy (non-hydrogen) atoms. The number of aromatic nitrogens is 1. The van der Waals surface area contributed by atoms with E-state index in [1.54, 1.807) is 17.5 Å². The second kappa shape index (κ2) is 8.25. The number of rotatable bonds is 7. The summed E-state index contributed by atoms with van der Waals surface area (Å²) in [7, 11) is 1.52. The molecule has 6 nitrogen and oxygen atoms in total. The quantitative estimate of drug-likeness (QED) is 0.690. The number of carbonyl (C=O) groups is 2. The van der Waals surface area contributed by atoms with E-state index in [-0.39, 0.29) is 11.7 Å². The number of ketones is 1. The number of hydrogen-bond donors (Lipinski definition) is 1. The van der Waals surface area contributed by atoms with Gasteiger partial charge in [-0.2, -0.15) is 0 Å². The summed E-state index contributed by atoms with van der Waals surface area (Å²) in [4.78, 5) is 27.7. The minimum atomic E-state index is -0.347. The number of ether oxygens (including phenoxy) is 2. The molecule has 0 bridgehead atoms. The summed E-state index contributed by atoms with van der Waals surface area (Å²) in [5, 5.41) is 4.65. The molecule has 0 saturated heterocycles. The Labute approximate surface area is 152 Å². The minimum Gasteiger partial charge on any atom is -0.493 e. The van der Waals surface area contributed by atoms with Crippen LogP contribution in [0.5, 0.6) is 11.5 Å². The smallest absolute Gasteiger partial charge is 0.257 e. The minimum absolute atomic E-state index is 0.145. The van der Waals surface area contributed by atoms with Crippen molar-refractivity contribution in [3.63, 3.8) is 0 Å². The van der Waals surface area contributed by atoms with E-state index in [1.807, 2.05) is 6.92 Å². The molecule has 0 aliphatic carbocycles. The van der Waals surface area contributed by atoms with E-state index in [2.05, 4.69) is 26.2 Å². The molecule has 2 aromatic rings. The average Bonchev–Trinajstić information content (AvgIpc) is 3.01. The van der Waals surface area contributed by atoms with Crippen molar-refractivity contribution in [1.82, 2.24) is 4.98 Å². The third-order valence-corrected chi connectivity index (χ3v) is 4.37. The Morgan fingerprint density at radius 3 is 2.71 bits per heavy atom. The van der Waals surface area contributed by atoms with Crippen LogP contribution in [0.3, 0.4) is 0 Å². The first-order chi connectivity index (χ1) is 11.5. The van der Waals surface area contributed by atoms with Gasteiger partial charge in [0.05, 0.1) is 18.2 Å². The van der Waals surface area contributed by atoms with Crippen LogP contribution in [0.4, 0.5) is 5.13 Å². The maximum absolute atomic E-state index is 12.4. The summed E-state index contributed by atoms with van der Waals surface area (Å²) in [6.45, 7) is 3.98. The number of amides is 1. The molecule has 0 fully saturated rings. The highest BCUT2D eigenvalue weighted by Gasteiger charge is 2.17. The van der Waals surface area contributed by atoms with Crippen LogP contribution >= 0.6 is 27.3 Å². The van der Waals surface area contributed by atoms with Gasteiger partial charge in [-0.15, -0.1) is 11.3 Å². The van der Waals surface area contributed by atoms with Crippen LogP contribution in [0, 0.1) is 0 Å². The number of nitrogens with one attached hydrogen (secondary N) is 1. The molecule has 8 heteroatoms. The number of hydrogen-bond acceptors (Lipinski definition) is 6. The van der Waals surface area contributed by atoms with Crippen LogP contribution in [0.25, 0.3) is 0 Å². The lowest BCUT2D eigenvalue weighted by Gasteiger charge is -2.13. The van der Waals surface area contributed by atoms with Crippen LogP contribution in [0.2, 0.25) is 0 Å². The van der Waals surface area contributed by atoms with E-state index in [0.717, 1.165) is 6.42 Å². The second-order valence-electron chi connectivity index (χ2n) is 4.89. The lowest BCUT2D eigenvalue weighted by atomic mass is 10.2. The fourth-order valence-electron chi connectivity index (χ4n) is 1.86. The molecular weight excluding hydrogens is 396 g/mol. The van der Waals surface area contributed by atoms with Gasteiger partial charge in [0.1, 0.15) is 5.69 Å². The molecule has 0 aliphatic heterocycles. The number of halogens is 1. The predicted octanol–water partition coefficient (Wildman–Crippen LogP) is 4.16. The monoisotopic (exact) mass is 412 g/mol. The fraction of sp³-hybridized carbons (Fsp3) is 0.312. The van der Waals surface area contributed by atoms with Gasteiger partial charge in [0, 0.05) is 17.9 Å². The van der Waals surface area contributed by atoms with E-state index in [1.165, 1.54) is 25.4 Å². The lowest BCUT2D eigenvalue weighted by molar-refractivity contribution is 0.100. The Morgan fingerprint density at radius 1 is 1.38 bits per heavy atom. The number of Topliss-reactive ketones (excluding diaryl/α,β-unsaturated/α-hetero) is 1. The van der Waals surface area contributed by atoms with Crippen LogP contribution in [-0.2, 0) is 0 Å². The van der Waals surface area contributed by atoms with Crippen molar-refractivity contribution in [2.45, 2.75) is 20.3 Å². The summed E-state index contributed by atoms with van der Waals surface area (Å²) in [6.07, 6.45) is 0.861. The van der Waals surface area contributed by atoms with Crippen LogP contribution < -0.4 is 14.8 Å². The van der Waals surface area contributed by atoms with Crippen molar-refractivity contribution in [2.24, 2.45) is 0 Å². The van der Waals surface area contributed by atoms with E-state index in [0.29, 0.717) is 39.0 Å². The molecule has 0 radical (unpaired) electrons. The Hall–Kier alpha value is -1.93. The normalized spacial score (nSPS) is 10.3. The fourth-order valence-corrected chi connectivity index (χ4v) is 3.16. The van der Waals surface area contributed by atoms with Crippen LogP contribution in [0.15, 0.2) is 22.0 Å². The van der Waals surface area contributed by atoms with E-state index in [4.69, 9.17) is 9.47 Å². The van der Waals surface area contributed by atoms with Gasteiger partial charge in [0.2, 0.25) is 0 Å². The summed E-state index contributed by atoms with van der Waals surface area (Å²) in [6, 6.07) is 3.26. The highest BCUT2D eigenvalue weighted by molar-refractivity contribution is 9.10. The average molecular weight is 413 g/mol. The maximum atomic E-state index is 12.4. The molecule has 128 valence electrons. The van der Waals surface area contributed by atoms with Gasteiger partial charge in [0.25, 0.3) is 5.91 Å². The first-order valence-corrected chi connectivity index (χ1v) is 8.91. The zero-order valence-corrected chi connectivity index (χ0v) is 15.9. The standard InChI is InChI=1S/C16H17BrN2O4S/c1-4-5-23-14-11(17)6-10(7-13(14)22-3)15(21)19-16-18-12(8-24-16)9(2)20/h6-8H,4-5H2,1-3H3,(H,18,19,21). The molecule has 0 saturated carbocycles. The van der Waals surface area contributed by atoms with E-state index < -0.39 is 0 Å². The van der Waals surface area contributed by atoms with Crippen molar-refractivity contribution < 1.29 is 19.1 Å². The highest BCUT2D eigenvalue weighted by Crippen LogP contribution is 2.37. The zero-order valence-electron chi connectivity index (χ0n) is 13.5. The molecule has 0 atom stereocenters. The van der Waals surface area contributed by atoms with Crippen LogP contribution in [-0.4, -0.2) is 30.4 Å². The first kappa shape index (κ1) is 18.4. The van der Waals surface area contributed by atoms with Crippen molar-refractivity contribution in [2.75, 3.05) is 19.0 Å². The van der Waals surface area contributed by atoms with Crippen molar-refractivity contribution in [3.05, 3.63) is 33.2 Å². The third kappa shape index (κ3) is 4.33. The highest BCUT2D eigenvalue weighted by atomic mass is 79.9. The predicted molar refractivity (Wildman–Crippen MR) is 96.6 cm³/mol. The number of methoxy groups -OCH3 is 1. The molecule has 0 spiro atoms. The Bertz CT molecular complexity index is 761. The van der Waals surface area contributed by atoms with Crippen LogP contribution in [0.1, 0.15) is 41.1 Å². The van der Waals surface area contributed by atoms with Crippen molar-refractivity contribution in [1.29, 1.82) is 0 Å². The number of benzene rings is 1. The Balaban J connectivity index is 2.22. The van der Waals surface area contributed by atoms with Crippen molar-refractivity contribution in [3.8, 4) is 11.5 Å². The summed E-state index contributed by atoms with van der Waals surface area (Å²) < 4.78 is 11.6. The molecule has 1 N–H and O–H groups in total. The summed E-state index contributed by atoms with van der Waals surface area (Å²) in [5.74, 6) is 0.532. The van der Waals surface area contributed by atoms with Gasteiger partial charge in [-0.1, -0.05) is 6.92 Å². The number of carbonyl (C=O) groups excluding carboxylic acids is 2. The molecule has 0 unspecified atom stereocenters. The largest absolute Gasteiger partial charge is 0.493 e. The topological polar surface area (TPSA) is 77.5 Å². The maximum Gasteiger partial charge on any atom is 0.257 e. The molecule has 1 aromatic carbocycles. The SMILES string of the molecule is CCCOc1c(Br)cc(C(=O)Nc2nc(C(C)=O)cs2)cc1OC. The van der Waals surface area contributed by atoms with Gasteiger partial charge in [-0.05, 0) is 34.5 Å². The van der Waals surface area contributed by atoms with E-state index >= 15 is 0 Å². The summed E-state index contributed by atoms with van der Waals surface area (Å²) in [5.41, 5.74) is 0.722. The second-order valence-corrected chi connectivity index (χ2v) is 6.60. The molecule has 0 aliphatic rings. The van der Waals surface area contributed by atoms with Gasteiger partial charge in [-0.25, -0.2) is 4.98 Å².